The fraction of sp³-hybridized carbons (Fsp3) is 0.136. The highest BCUT2D eigenvalue weighted by molar-refractivity contribution is 7.92. The Bertz CT molecular complexity index is 1190. The number of nitrogens with one attached hydrogen (secondary N) is 2. The van der Waals surface area contributed by atoms with Gasteiger partial charge in [-0.2, -0.15) is 0 Å². The molecular weight excluding hydrogens is 408 g/mol. The van der Waals surface area contributed by atoms with E-state index in [4.69, 9.17) is 11.6 Å². The van der Waals surface area contributed by atoms with E-state index in [1.807, 2.05) is 19.9 Å². The van der Waals surface area contributed by atoms with E-state index in [9.17, 15) is 13.2 Å². The van der Waals surface area contributed by atoms with Gasteiger partial charge in [-0.1, -0.05) is 35.9 Å². The fourth-order valence-electron chi connectivity index (χ4n) is 2.80. The minimum atomic E-state index is -3.87. The molecule has 0 spiro atoms. The standard InChI is InChI=1S/C22H21ClN2O3S/c1-14-9-11-18(12-16(14)3)25-29(27,28)21-13-17(10-8-15(21)2)22(26)24-20-7-5-4-6-19(20)23/h4-13,25H,1-3H3,(H,24,26). The van der Waals surface area contributed by atoms with Gasteiger partial charge in [-0.25, -0.2) is 8.42 Å². The number of carbonyl (C=O) groups excluding carboxylic acids is 1. The third-order valence-electron chi connectivity index (χ3n) is 4.62. The highest BCUT2D eigenvalue weighted by Crippen LogP contribution is 2.24. The molecule has 5 nitrogen and oxygen atoms in total. The summed E-state index contributed by atoms with van der Waals surface area (Å²) in [5.41, 5.74) is 3.74. The highest BCUT2D eigenvalue weighted by Gasteiger charge is 2.20. The number of halogens is 1. The van der Waals surface area contributed by atoms with Gasteiger partial charge in [0.05, 0.1) is 15.6 Å². The molecule has 0 bridgehead atoms. The number of benzene rings is 3. The van der Waals surface area contributed by atoms with Crippen LogP contribution in [0.2, 0.25) is 5.02 Å². The number of aryl methyl sites for hydroxylation is 3. The number of carbonyl (C=O) groups is 1. The van der Waals surface area contributed by atoms with Crippen LogP contribution in [0.25, 0.3) is 0 Å². The molecule has 2 N–H and O–H groups in total. The van der Waals surface area contributed by atoms with E-state index in [2.05, 4.69) is 10.0 Å². The van der Waals surface area contributed by atoms with E-state index in [0.717, 1.165) is 11.1 Å². The maximum absolute atomic E-state index is 12.9. The SMILES string of the molecule is Cc1ccc(NS(=O)(=O)c2cc(C(=O)Nc3ccccc3Cl)ccc2C)cc1C. The zero-order chi connectivity index (χ0) is 21.2. The van der Waals surface area contributed by atoms with Crippen molar-refractivity contribution in [1.29, 1.82) is 0 Å². The third-order valence-corrected chi connectivity index (χ3v) is 6.47. The molecule has 29 heavy (non-hydrogen) atoms. The maximum atomic E-state index is 12.9. The van der Waals surface area contributed by atoms with E-state index in [1.54, 1.807) is 55.5 Å². The number of hydrogen-bond acceptors (Lipinski definition) is 3. The van der Waals surface area contributed by atoms with Crippen LogP contribution in [0.15, 0.2) is 65.6 Å². The first-order chi connectivity index (χ1) is 13.7. The molecule has 3 rings (SSSR count). The number of para-hydroxylation sites is 1. The third kappa shape index (κ3) is 4.78. The van der Waals surface area contributed by atoms with Gasteiger partial charge >= 0.3 is 0 Å². The van der Waals surface area contributed by atoms with Crippen molar-refractivity contribution in [3.05, 3.63) is 87.9 Å². The molecule has 0 fully saturated rings. The molecule has 0 saturated heterocycles. The number of sulfonamides is 1. The van der Waals surface area contributed by atoms with Gasteiger partial charge in [0.25, 0.3) is 15.9 Å². The smallest absolute Gasteiger partial charge is 0.262 e. The van der Waals surface area contributed by atoms with E-state index in [0.29, 0.717) is 22.0 Å². The summed E-state index contributed by atoms with van der Waals surface area (Å²) in [4.78, 5) is 12.7. The van der Waals surface area contributed by atoms with Gasteiger partial charge < -0.3 is 5.32 Å². The van der Waals surface area contributed by atoms with E-state index in [-0.39, 0.29) is 10.5 Å². The van der Waals surface area contributed by atoms with Crippen LogP contribution in [0.5, 0.6) is 0 Å². The first kappa shape index (κ1) is 20.9. The minimum Gasteiger partial charge on any atom is -0.321 e. The molecule has 7 heteroatoms. The van der Waals surface area contributed by atoms with Crippen molar-refractivity contribution in [2.45, 2.75) is 25.7 Å². The molecule has 1 amide bonds. The summed E-state index contributed by atoms with van der Waals surface area (Å²) in [6.45, 7) is 5.56. The van der Waals surface area contributed by atoms with Crippen molar-refractivity contribution >= 4 is 38.9 Å². The summed E-state index contributed by atoms with van der Waals surface area (Å²) >= 11 is 6.08. The molecule has 150 valence electrons. The Morgan fingerprint density at radius 3 is 2.24 bits per heavy atom. The minimum absolute atomic E-state index is 0.0440. The Kier molecular flexibility index (Phi) is 5.96. The van der Waals surface area contributed by atoms with Crippen molar-refractivity contribution in [2.24, 2.45) is 0 Å². The molecule has 0 aliphatic rings. The van der Waals surface area contributed by atoms with Crippen molar-refractivity contribution < 1.29 is 13.2 Å². The van der Waals surface area contributed by atoms with Crippen LogP contribution < -0.4 is 10.0 Å². The van der Waals surface area contributed by atoms with Crippen molar-refractivity contribution in [3.8, 4) is 0 Å². The zero-order valence-electron chi connectivity index (χ0n) is 16.3. The number of hydrogen-bond donors (Lipinski definition) is 2. The Labute approximate surface area is 175 Å². The lowest BCUT2D eigenvalue weighted by atomic mass is 10.1. The van der Waals surface area contributed by atoms with Gasteiger partial charge in [0.15, 0.2) is 0 Å². The number of anilines is 2. The summed E-state index contributed by atoms with van der Waals surface area (Å²) in [5, 5.41) is 3.10. The van der Waals surface area contributed by atoms with Crippen molar-refractivity contribution in [2.75, 3.05) is 10.0 Å². The molecule has 0 aromatic heterocycles. The van der Waals surface area contributed by atoms with Gasteiger partial charge in [-0.15, -0.1) is 0 Å². The predicted octanol–water partition coefficient (Wildman–Crippen LogP) is 5.32. The van der Waals surface area contributed by atoms with Crippen LogP contribution in [0.1, 0.15) is 27.0 Å². The van der Waals surface area contributed by atoms with Gasteiger partial charge in [0.1, 0.15) is 0 Å². The van der Waals surface area contributed by atoms with Crippen LogP contribution in [-0.2, 0) is 10.0 Å². The van der Waals surface area contributed by atoms with Gasteiger partial charge in [-0.05, 0) is 73.9 Å². The van der Waals surface area contributed by atoms with Crippen LogP contribution in [-0.4, -0.2) is 14.3 Å². The zero-order valence-corrected chi connectivity index (χ0v) is 17.9. The average Bonchev–Trinajstić information content (AvgIpc) is 2.66. The lowest BCUT2D eigenvalue weighted by Gasteiger charge is -2.13. The predicted molar refractivity (Wildman–Crippen MR) is 117 cm³/mol. The molecule has 0 aliphatic carbocycles. The lowest BCUT2D eigenvalue weighted by molar-refractivity contribution is 0.102. The van der Waals surface area contributed by atoms with Crippen molar-refractivity contribution in [3.63, 3.8) is 0 Å². The molecular formula is C22H21ClN2O3S. The molecule has 0 saturated carbocycles. The molecule has 3 aromatic rings. The maximum Gasteiger partial charge on any atom is 0.262 e. The Morgan fingerprint density at radius 2 is 1.55 bits per heavy atom. The molecule has 0 unspecified atom stereocenters. The first-order valence-electron chi connectivity index (χ1n) is 8.94. The van der Waals surface area contributed by atoms with E-state index >= 15 is 0 Å². The topological polar surface area (TPSA) is 75.3 Å². The monoisotopic (exact) mass is 428 g/mol. The van der Waals surface area contributed by atoms with Crippen molar-refractivity contribution in [1.82, 2.24) is 0 Å². The van der Waals surface area contributed by atoms with Gasteiger partial charge in [0.2, 0.25) is 0 Å². The van der Waals surface area contributed by atoms with Gasteiger partial charge in [-0.3, -0.25) is 9.52 Å². The lowest BCUT2D eigenvalue weighted by Crippen LogP contribution is -2.17. The summed E-state index contributed by atoms with van der Waals surface area (Å²) in [7, 11) is -3.87. The van der Waals surface area contributed by atoms with Gasteiger partial charge in [0, 0.05) is 11.3 Å². The average molecular weight is 429 g/mol. The molecule has 0 radical (unpaired) electrons. The molecule has 0 aliphatic heterocycles. The quantitative estimate of drug-likeness (QED) is 0.577. The normalized spacial score (nSPS) is 11.2. The Balaban J connectivity index is 1.90. The largest absolute Gasteiger partial charge is 0.321 e. The van der Waals surface area contributed by atoms with Crippen LogP contribution >= 0.6 is 11.6 Å². The Hall–Kier alpha value is -2.83. The molecule has 0 atom stereocenters. The first-order valence-corrected chi connectivity index (χ1v) is 10.8. The van der Waals surface area contributed by atoms with Crippen LogP contribution in [0.4, 0.5) is 11.4 Å². The molecule has 0 heterocycles. The summed E-state index contributed by atoms with van der Waals surface area (Å²) < 4.78 is 28.5. The van der Waals surface area contributed by atoms with Crippen LogP contribution in [0.3, 0.4) is 0 Å². The second-order valence-corrected chi connectivity index (χ2v) is 8.88. The summed E-state index contributed by atoms with van der Waals surface area (Å²) in [6, 6.07) is 16.7. The fourth-order valence-corrected chi connectivity index (χ4v) is 4.31. The summed E-state index contributed by atoms with van der Waals surface area (Å²) in [5.74, 6) is -0.444. The Morgan fingerprint density at radius 1 is 0.862 bits per heavy atom. The van der Waals surface area contributed by atoms with Crippen LogP contribution in [0, 0.1) is 20.8 Å². The second kappa shape index (κ2) is 8.27. The summed E-state index contributed by atoms with van der Waals surface area (Å²) in [6.07, 6.45) is 0. The van der Waals surface area contributed by atoms with E-state index in [1.165, 1.54) is 6.07 Å². The molecule has 3 aromatic carbocycles. The number of amides is 1. The number of rotatable bonds is 5. The second-order valence-electron chi connectivity index (χ2n) is 6.82. The highest BCUT2D eigenvalue weighted by atomic mass is 35.5. The van der Waals surface area contributed by atoms with E-state index < -0.39 is 15.9 Å².